The molecule has 3 heteroatoms. The standard InChI is InChI=1S/C14H15N3/c1-12(13-7-3-2-4-8-13)11-16-17-14-9-5-6-10-15-14/h2-12H,1H3,(H,15,17)/b16-11-/t12-/m0/s1. The summed E-state index contributed by atoms with van der Waals surface area (Å²) in [6.45, 7) is 2.11. The summed E-state index contributed by atoms with van der Waals surface area (Å²) in [7, 11) is 0. The maximum atomic E-state index is 4.18. The smallest absolute Gasteiger partial charge is 0.146 e. The van der Waals surface area contributed by atoms with Gasteiger partial charge in [0.15, 0.2) is 0 Å². The van der Waals surface area contributed by atoms with E-state index in [1.54, 1.807) is 6.20 Å². The zero-order chi connectivity index (χ0) is 11.9. The molecule has 0 fully saturated rings. The Balaban J connectivity index is 1.93. The first kappa shape index (κ1) is 11.3. The van der Waals surface area contributed by atoms with Gasteiger partial charge in [-0.05, 0) is 17.7 Å². The van der Waals surface area contributed by atoms with E-state index in [2.05, 4.69) is 34.6 Å². The van der Waals surface area contributed by atoms with E-state index >= 15 is 0 Å². The molecule has 2 rings (SSSR count). The molecule has 1 heterocycles. The van der Waals surface area contributed by atoms with Gasteiger partial charge in [-0.2, -0.15) is 5.10 Å². The van der Waals surface area contributed by atoms with Gasteiger partial charge in [-0.3, -0.25) is 5.43 Å². The molecule has 1 aromatic heterocycles. The number of aromatic nitrogens is 1. The molecule has 17 heavy (non-hydrogen) atoms. The van der Waals surface area contributed by atoms with Gasteiger partial charge in [-0.1, -0.05) is 43.3 Å². The van der Waals surface area contributed by atoms with Crippen molar-refractivity contribution in [2.24, 2.45) is 5.10 Å². The summed E-state index contributed by atoms with van der Waals surface area (Å²) in [5.74, 6) is 1.04. The summed E-state index contributed by atoms with van der Waals surface area (Å²) < 4.78 is 0. The van der Waals surface area contributed by atoms with Crippen LogP contribution in [0, 0.1) is 0 Å². The number of hydrogen-bond donors (Lipinski definition) is 1. The summed E-state index contributed by atoms with van der Waals surface area (Å²) in [6, 6.07) is 15.9. The van der Waals surface area contributed by atoms with E-state index in [1.807, 2.05) is 42.6 Å². The predicted octanol–water partition coefficient (Wildman–Crippen LogP) is 3.28. The second kappa shape index (κ2) is 5.80. The molecule has 0 saturated carbocycles. The summed E-state index contributed by atoms with van der Waals surface area (Å²) in [4.78, 5) is 4.12. The van der Waals surface area contributed by atoms with E-state index in [-0.39, 0.29) is 5.92 Å². The number of nitrogens with zero attached hydrogens (tertiary/aromatic N) is 2. The molecule has 0 amide bonds. The van der Waals surface area contributed by atoms with Crippen molar-refractivity contribution in [2.75, 3.05) is 5.43 Å². The Labute approximate surface area is 101 Å². The highest BCUT2D eigenvalue weighted by Crippen LogP contribution is 2.11. The normalized spacial score (nSPS) is 12.5. The van der Waals surface area contributed by atoms with Crippen LogP contribution in [0.2, 0.25) is 0 Å². The van der Waals surface area contributed by atoms with Crippen LogP contribution in [0.3, 0.4) is 0 Å². The van der Waals surface area contributed by atoms with Gasteiger partial charge in [-0.25, -0.2) is 4.98 Å². The second-order valence-electron chi connectivity index (χ2n) is 3.80. The average molecular weight is 225 g/mol. The number of benzene rings is 1. The van der Waals surface area contributed by atoms with E-state index in [4.69, 9.17) is 0 Å². The molecule has 0 aliphatic rings. The van der Waals surface area contributed by atoms with E-state index in [0.717, 1.165) is 5.82 Å². The lowest BCUT2D eigenvalue weighted by Crippen LogP contribution is -1.98. The third-order valence-electron chi connectivity index (χ3n) is 2.47. The molecule has 1 atom stereocenters. The molecule has 3 nitrogen and oxygen atoms in total. The fourth-order valence-electron chi connectivity index (χ4n) is 1.49. The largest absolute Gasteiger partial charge is 0.262 e. The van der Waals surface area contributed by atoms with Crippen molar-refractivity contribution in [3.8, 4) is 0 Å². The minimum Gasteiger partial charge on any atom is -0.262 e. The highest BCUT2D eigenvalue weighted by atomic mass is 15.3. The van der Waals surface area contributed by atoms with Crippen LogP contribution >= 0.6 is 0 Å². The molecule has 0 bridgehead atoms. The molecule has 1 N–H and O–H groups in total. The molecule has 86 valence electrons. The van der Waals surface area contributed by atoms with Crippen molar-refractivity contribution in [1.82, 2.24) is 4.98 Å². The maximum Gasteiger partial charge on any atom is 0.146 e. The number of nitrogens with one attached hydrogen (secondary N) is 1. The van der Waals surface area contributed by atoms with Crippen molar-refractivity contribution in [2.45, 2.75) is 12.8 Å². The van der Waals surface area contributed by atoms with Gasteiger partial charge >= 0.3 is 0 Å². The van der Waals surface area contributed by atoms with Crippen LogP contribution in [0.4, 0.5) is 5.82 Å². The molecule has 1 aromatic carbocycles. The summed E-state index contributed by atoms with van der Waals surface area (Å²) >= 11 is 0. The van der Waals surface area contributed by atoms with Crippen LogP contribution < -0.4 is 5.43 Å². The van der Waals surface area contributed by atoms with Gasteiger partial charge < -0.3 is 0 Å². The molecular weight excluding hydrogens is 210 g/mol. The molecule has 0 unspecified atom stereocenters. The Hall–Kier alpha value is -2.16. The Kier molecular flexibility index (Phi) is 3.86. The number of rotatable bonds is 4. The fraction of sp³-hybridized carbons (Fsp3) is 0.143. The summed E-state index contributed by atoms with van der Waals surface area (Å²) in [5.41, 5.74) is 4.15. The van der Waals surface area contributed by atoms with Gasteiger partial charge in [0, 0.05) is 18.3 Å². The number of pyridine rings is 1. The van der Waals surface area contributed by atoms with E-state index in [0.29, 0.717) is 0 Å². The van der Waals surface area contributed by atoms with Crippen LogP contribution in [0.25, 0.3) is 0 Å². The first-order valence-electron chi connectivity index (χ1n) is 5.61. The molecule has 0 saturated heterocycles. The van der Waals surface area contributed by atoms with Gasteiger partial charge in [0.25, 0.3) is 0 Å². The highest BCUT2D eigenvalue weighted by Gasteiger charge is 1.99. The van der Waals surface area contributed by atoms with Crippen molar-refractivity contribution < 1.29 is 0 Å². The van der Waals surface area contributed by atoms with Gasteiger partial charge in [-0.15, -0.1) is 0 Å². The lowest BCUT2D eigenvalue weighted by Gasteiger charge is -2.05. The lowest BCUT2D eigenvalue weighted by atomic mass is 10.0. The number of hydrazone groups is 1. The monoisotopic (exact) mass is 225 g/mol. The Morgan fingerprint density at radius 2 is 1.88 bits per heavy atom. The summed E-state index contributed by atoms with van der Waals surface area (Å²) in [5, 5.41) is 4.18. The first-order chi connectivity index (χ1) is 8.36. The predicted molar refractivity (Wildman–Crippen MR) is 71.2 cm³/mol. The highest BCUT2D eigenvalue weighted by molar-refractivity contribution is 5.68. The van der Waals surface area contributed by atoms with Crippen molar-refractivity contribution in [3.63, 3.8) is 0 Å². The summed E-state index contributed by atoms with van der Waals surface area (Å²) in [6.07, 6.45) is 3.61. The number of anilines is 1. The second-order valence-corrected chi connectivity index (χ2v) is 3.80. The quantitative estimate of drug-likeness (QED) is 0.640. The van der Waals surface area contributed by atoms with Crippen molar-refractivity contribution >= 4 is 12.0 Å². The third-order valence-corrected chi connectivity index (χ3v) is 2.47. The minimum absolute atomic E-state index is 0.285. The van der Waals surface area contributed by atoms with E-state index < -0.39 is 0 Å². The fourth-order valence-corrected chi connectivity index (χ4v) is 1.49. The first-order valence-corrected chi connectivity index (χ1v) is 5.61. The van der Waals surface area contributed by atoms with Crippen molar-refractivity contribution in [3.05, 3.63) is 60.3 Å². The molecule has 0 aliphatic heterocycles. The van der Waals surface area contributed by atoms with Gasteiger partial charge in [0.05, 0.1) is 0 Å². The Bertz CT molecular complexity index is 465. The topological polar surface area (TPSA) is 37.3 Å². The third kappa shape index (κ3) is 3.41. The minimum atomic E-state index is 0.285. The van der Waals surface area contributed by atoms with Crippen LogP contribution in [-0.2, 0) is 0 Å². The maximum absolute atomic E-state index is 4.18. The molecule has 0 aliphatic carbocycles. The van der Waals surface area contributed by atoms with Crippen molar-refractivity contribution in [1.29, 1.82) is 0 Å². The Morgan fingerprint density at radius 3 is 2.59 bits per heavy atom. The van der Waals surface area contributed by atoms with Gasteiger partial charge in [0.2, 0.25) is 0 Å². The molecule has 0 spiro atoms. The van der Waals surface area contributed by atoms with Crippen LogP contribution in [0.5, 0.6) is 0 Å². The number of hydrogen-bond acceptors (Lipinski definition) is 3. The molecule has 2 aromatic rings. The van der Waals surface area contributed by atoms with Crippen LogP contribution in [-0.4, -0.2) is 11.2 Å². The SMILES string of the molecule is C[C@@H](/C=N\Nc1ccccn1)c1ccccc1. The van der Waals surface area contributed by atoms with Crippen LogP contribution in [0.1, 0.15) is 18.4 Å². The zero-order valence-electron chi connectivity index (χ0n) is 9.75. The Morgan fingerprint density at radius 1 is 1.12 bits per heavy atom. The molecule has 0 radical (unpaired) electrons. The van der Waals surface area contributed by atoms with Gasteiger partial charge in [0.1, 0.15) is 5.82 Å². The average Bonchev–Trinajstić information content (AvgIpc) is 2.41. The van der Waals surface area contributed by atoms with Crippen LogP contribution in [0.15, 0.2) is 59.8 Å². The van der Waals surface area contributed by atoms with E-state index in [9.17, 15) is 0 Å². The van der Waals surface area contributed by atoms with E-state index in [1.165, 1.54) is 5.56 Å². The zero-order valence-corrected chi connectivity index (χ0v) is 9.75. The lowest BCUT2D eigenvalue weighted by molar-refractivity contribution is 1.03. The molecular formula is C14H15N3.